The van der Waals surface area contributed by atoms with E-state index < -0.39 is 11.9 Å². The van der Waals surface area contributed by atoms with E-state index in [1.54, 1.807) is 48.5 Å². The Balaban J connectivity index is 1.79. The van der Waals surface area contributed by atoms with Gasteiger partial charge in [0.2, 0.25) is 5.91 Å². The van der Waals surface area contributed by atoms with Crippen molar-refractivity contribution < 1.29 is 9.59 Å². The molecule has 0 atom stereocenters. The number of para-hydroxylation sites is 2. The summed E-state index contributed by atoms with van der Waals surface area (Å²) in [6.45, 7) is -0.0497. The van der Waals surface area contributed by atoms with Crippen molar-refractivity contribution >= 4 is 34.9 Å². The molecule has 2 aromatic carbocycles. The highest BCUT2D eigenvalue weighted by Gasteiger charge is 2.08. The second-order valence-electron chi connectivity index (χ2n) is 4.20. The van der Waals surface area contributed by atoms with E-state index in [9.17, 15) is 9.59 Å². The summed E-state index contributed by atoms with van der Waals surface area (Å²) in [4.78, 5) is 23.3. The molecule has 0 aromatic heterocycles. The van der Waals surface area contributed by atoms with Crippen molar-refractivity contribution in [3.63, 3.8) is 0 Å². The number of halogens is 1. The highest BCUT2D eigenvalue weighted by molar-refractivity contribution is 6.33. The molecule has 6 heteroatoms. The van der Waals surface area contributed by atoms with Crippen LogP contribution in [-0.4, -0.2) is 18.5 Å². The zero-order valence-electron chi connectivity index (χ0n) is 11.1. The molecule has 2 aromatic rings. The lowest BCUT2D eigenvalue weighted by atomic mass is 10.3. The molecular weight excluding hydrogens is 290 g/mol. The highest BCUT2D eigenvalue weighted by Crippen LogP contribution is 2.19. The van der Waals surface area contributed by atoms with Crippen LogP contribution in [0.5, 0.6) is 0 Å². The van der Waals surface area contributed by atoms with Crippen LogP contribution in [0.15, 0.2) is 54.6 Å². The Morgan fingerprint density at radius 3 is 2.33 bits per heavy atom. The first-order chi connectivity index (χ1) is 10.1. The first-order valence-corrected chi connectivity index (χ1v) is 6.67. The Hall–Kier alpha value is -2.53. The number of urea groups is 1. The molecule has 0 saturated heterocycles. The molecule has 0 spiro atoms. The van der Waals surface area contributed by atoms with Crippen molar-refractivity contribution in [3.8, 4) is 0 Å². The Kier molecular flexibility index (Phi) is 5.17. The van der Waals surface area contributed by atoms with Crippen molar-refractivity contribution in [2.75, 3.05) is 17.2 Å². The fourth-order valence-corrected chi connectivity index (χ4v) is 1.84. The van der Waals surface area contributed by atoms with Crippen molar-refractivity contribution in [2.24, 2.45) is 0 Å². The third-order valence-corrected chi connectivity index (χ3v) is 2.93. The van der Waals surface area contributed by atoms with Crippen LogP contribution in [0.4, 0.5) is 16.2 Å². The van der Waals surface area contributed by atoms with Crippen LogP contribution in [0.2, 0.25) is 5.02 Å². The molecule has 0 fully saturated rings. The molecule has 2 rings (SSSR count). The van der Waals surface area contributed by atoms with Gasteiger partial charge in [0.25, 0.3) is 0 Å². The van der Waals surface area contributed by atoms with Crippen LogP contribution in [0.1, 0.15) is 0 Å². The van der Waals surface area contributed by atoms with Crippen molar-refractivity contribution in [1.29, 1.82) is 0 Å². The van der Waals surface area contributed by atoms with Crippen molar-refractivity contribution in [1.82, 2.24) is 5.32 Å². The zero-order chi connectivity index (χ0) is 15.1. The fraction of sp³-hybridized carbons (Fsp3) is 0.0667. The van der Waals surface area contributed by atoms with Gasteiger partial charge in [-0.05, 0) is 24.3 Å². The quantitative estimate of drug-likeness (QED) is 0.813. The molecule has 0 saturated carbocycles. The van der Waals surface area contributed by atoms with Crippen LogP contribution >= 0.6 is 11.6 Å². The number of hydrogen-bond donors (Lipinski definition) is 3. The lowest BCUT2D eigenvalue weighted by molar-refractivity contribution is -0.118. The molecule has 0 aliphatic heterocycles. The molecular formula is C15H14ClN3O2. The minimum atomic E-state index is -0.577. The summed E-state index contributed by atoms with van der Waals surface area (Å²) in [5.41, 5.74) is 1.25. The summed E-state index contributed by atoms with van der Waals surface area (Å²) < 4.78 is 0. The number of amides is 3. The third kappa shape index (κ3) is 4.81. The number of rotatable bonds is 4. The van der Waals surface area contributed by atoms with E-state index >= 15 is 0 Å². The van der Waals surface area contributed by atoms with Crippen LogP contribution < -0.4 is 16.0 Å². The number of anilines is 2. The van der Waals surface area contributed by atoms with E-state index in [2.05, 4.69) is 16.0 Å². The minimum Gasteiger partial charge on any atom is -0.375 e. The number of nitrogens with one attached hydrogen (secondary N) is 3. The lowest BCUT2D eigenvalue weighted by Crippen LogP contribution is -2.37. The van der Waals surface area contributed by atoms with Crippen LogP contribution in [0, 0.1) is 0 Å². The van der Waals surface area contributed by atoms with Gasteiger partial charge < -0.3 is 10.6 Å². The van der Waals surface area contributed by atoms with E-state index in [1.165, 1.54) is 0 Å². The summed E-state index contributed by atoms with van der Waals surface area (Å²) in [6.07, 6.45) is 0. The Morgan fingerprint density at radius 2 is 1.62 bits per heavy atom. The molecule has 0 bridgehead atoms. The molecule has 108 valence electrons. The SMILES string of the molecule is O=C(CNc1ccccc1Cl)NC(=O)Nc1ccccc1. The average Bonchev–Trinajstić information content (AvgIpc) is 2.47. The molecule has 0 heterocycles. The normalized spacial score (nSPS) is 9.76. The van der Waals surface area contributed by atoms with Crippen LogP contribution in [-0.2, 0) is 4.79 Å². The summed E-state index contributed by atoms with van der Waals surface area (Å²) in [5.74, 6) is -0.455. The molecule has 0 radical (unpaired) electrons. The predicted octanol–water partition coefficient (Wildman–Crippen LogP) is 3.10. The first kappa shape index (κ1) is 14.9. The standard InChI is InChI=1S/C15H14ClN3O2/c16-12-8-4-5-9-13(12)17-10-14(20)19-15(21)18-11-6-2-1-3-7-11/h1-9,17H,10H2,(H2,18,19,20,21). The number of carbonyl (C=O) groups excluding carboxylic acids is 2. The third-order valence-electron chi connectivity index (χ3n) is 2.60. The first-order valence-electron chi connectivity index (χ1n) is 6.29. The molecule has 21 heavy (non-hydrogen) atoms. The molecule has 3 N–H and O–H groups in total. The summed E-state index contributed by atoms with van der Waals surface area (Å²) in [6, 6.07) is 15.3. The summed E-state index contributed by atoms with van der Waals surface area (Å²) in [7, 11) is 0. The van der Waals surface area contributed by atoms with E-state index in [1.807, 2.05) is 6.07 Å². The molecule has 3 amide bonds. The van der Waals surface area contributed by atoms with Crippen LogP contribution in [0.25, 0.3) is 0 Å². The van der Waals surface area contributed by atoms with Crippen LogP contribution in [0.3, 0.4) is 0 Å². The summed E-state index contributed by atoms with van der Waals surface area (Å²) in [5, 5.41) is 8.15. The van der Waals surface area contributed by atoms with Gasteiger partial charge in [-0.1, -0.05) is 41.9 Å². The maximum absolute atomic E-state index is 11.7. The smallest absolute Gasteiger partial charge is 0.325 e. The van der Waals surface area contributed by atoms with Gasteiger partial charge in [0.05, 0.1) is 17.3 Å². The number of imide groups is 1. The zero-order valence-corrected chi connectivity index (χ0v) is 11.9. The Bertz CT molecular complexity index is 632. The van der Waals surface area contributed by atoms with Gasteiger partial charge in [0.15, 0.2) is 0 Å². The largest absolute Gasteiger partial charge is 0.375 e. The molecule has 0 unspecified atom stereocenters. The van der Waals surface area contributed by atoms with Crippen molar-refractivity contribution in [2.45, 2.75) is 0 Å². The molecule has 5 nitrogen and oxygen atoms in total. The van der Waals surface area contributed by atoms with E-state index in [4.69, 9.17) is 11.6 Å². The van der Waals surface area contributed by atoms with E-state index in [-0.39, 0.29) is 6.54 Å². The van der Waals surface area contributed by atoms with Gasteiger partial charge in [-0.25, -0.2) is 4.79 Å². The molecule has 0 aliphatic rings. The molecule has 0 aliphatic carbocycles. The summed E-state index contributed by atoms with van der Waals surface area (Å²) >= 11 is 5.95. The predicted molar refractivity (Wildman–Crippen MR) is 83.5 cm³/mol. The maximum Gasteiger partial charge on any atom is 0.325 e. The number of hydrogen-bond acceptors (Lipinski definition) is 3. The van der Waals surface area contributed by atoms with Crippen molar-refractivity contribution in [3.05, 3.63) is 59.6 Å². The second-order valence-corrected chi connectivity index (χ2v) is 4.61. The Labute approximate surface area is 127 Å². The monoisotopic (exact) mass is 303 g/mol. The van der Waals surface area contributed by atoms with Gasteiger partial charge in [0.1, 0.15) is 0 Å². The highest BCUT2D eigenvalue weighted by atomic mass is 35.5. The van der Waals surface area contributed by atoms with Gasteiger partial charge in [-0.15, -0.1) is 0 Å². The Morgan fingerprint density at radius 1 is 0.952 bits per heavy atom. The number of carbonyl (C=O) groups is 2. The van der Waals surface area contributed by atoms with Gasteiger partial charge in [0, 0.05) is 5.69 Å². The van der Waals surface area contributed by atoms with Gasteiger partial charge >= 0.3 is 6.03 Å². The fourth-order valence-electron chi connectivity index (χ4n) is 1.63. The van der Waals surface area contributed by atoms with E-state index in [0.717, 1.165) is 0 Å². The maximum atomic E-state index is 11.7. The number of benzene rings is 2. The minimum absolute atomic E-state index is 0.0497. The van der Waals surface area contributed by atoms with Gasteiger partial charge in [-0.3, -0.25) is 10.1 Å². The average molecular weight is 304 g/mol. The lowest BCUT2D eigenvalue weighted by Gasteiger charge is -2.09. The topological polar surface area (TPSA) is 70.2 Å². The van der Waals surface area contributed by atoms with E-state index in [0.29, 0.717) is 16.4 Å². The second kappa shape index (κ2) is 7.31. The van der Waals surface area contributed by atoms with Gasteiger partial charge in [-0.2, -0.15) is 0 Å².